The molecule has 0 aromatic rings. The van der Waals surface area contributed by atoms with Crippen molar-refractivity contribution in [3.05, 3.63) is 12.2 Å². The quantitative estimate of drug-likeness (QED) is 0.540. The number of ether oxygens (including phenoxy) is 2. The fraction of sp³-hybridized carbons (Fsp3) is 0.700. The topological polar surface area (TPSA) is 55.8 Å². The summed E-state index contributed by atoms with van der Waals surface area (Å²) < 4.78 is 10.7. The molecule has 0 heterocycles. The number of carbonyl (C=O) groups is 1. The Hall–Kier alpha value is -0.870. The van der Waals surface area contributed by atoms with Crippen molar-refractivity contribution >= 4 is 5.97 Å². The minimum Gasteiger partial charge on any atom is -0.481 e. The van der Waals surface area contributed by atoms with Crippen molar-refractivity contribution in [3.63, 3.8) is 0 Å². The van der Waals surface area contributed by atoms with Gasteiger partial charge < -0.3 is 14.6 Å². The number of hydrogen-bond acceptors (Lipinski definition) is 3. The highest BCUT2D eigenvalue weighted by Gasteiger charge is 2.59. The molecular weight excluding hydrogens is 184 g/mol. The molecule has 1 fully saturated rings. The van der Waals surface area contributed by atoms with E-state index in [-0.39, 0.29) is 17.8 Å². The summed E-state index contributed by atoms with van der Waals surface area (Å²) in [5, 5.41) is 9.01. The first-order valence-corrected chi connectivity index (χ1v) is 4.67. The van der Waals surface area contributed by atoms with Gasteiger partial charge in [0, 0.05) is 26.1 Å². The molecule has 0 unspecified atom stereocenters. The Labute approximate surface area is 82.5 Å². The van der Waals surface area contributed by atoms with Gasteiger partial charge >= 0.3 is 5.97 Å². The summed E-state index contributed by atoms with van der Waals surface area (Å²) in [5.74, 6) is -1.95. The molecule has 4 heteroatoms. The van der Waals surface area contributed by atoms with Gasteiger partial charge in [-0.3, -0.25) is 4.79 Å². The average Bonchev–Trinajstić information content (AvgIpc) is 2.69. The van der Waals surface area contributed by atoms with Gasteiger partial charge in [0.1, 0.15) is 0 Å². The van der Waals surface area contributed by atoms with E-state index in [4.69, 9.17) is 14.6 Å². The van der Waals surface area contributed by atoms with Crippen LogP contribution in [0.4, 0.5) is 0 Å². The Bertz CT molecular complexity index is 280. The molecule has 0 aliphatic heterocycles. The normalized spacial score (nSPS) is 37.7. The molecule has 0 aromatic carbocycles. The van der Waals surface area contributed by atoms with Gasteiger partial charge in [-0.1, -0.05) is 12.2 Å². The number of fused-ring (bicyclic) bond motifs is 2. The van der Waals surface area contributed by atoms with Gasteiger partial charge in [-0.15, -0.1) is 0 Å². The molecule has 2 rings (SSSR count). The molecule has 2 aliphatic rings. The zero-order chi connectivity index (χ0) is 10.3. The van der Waals surface area contributed by atoms with Gasteiger partial charge in [0.2, 0.25) is 0 Å². The molecule has 0 saturated heterocycles. The Morgan fingerprint density at radius 1 is 1.43 bits per heavy atom. The second-order valence-corrected chi connectivity index (χ2v) is 3.83. The lowest BCUT2D eigenvalue weighted by molar-refractivity contribution is -0.232. The van der Waals surface area contributed by atoms with E-state index in [1.54, 1.807) is 14.2 Å². The molecule has 1 saturated carbocycles. The number of aliphatic carboxylic acids is 1. The maximum atomic E-state index is 11.0. The van der Waals surface area contributed by atoms with Gasteiger partial charge in [0.15, 0.2) is 5.79 Å². The molecule has 2 aliphatic carbocycles. The zero-order valence-electron chi connectivity index (χ0n) is 8.27. The van der Waals surface area contributed by atoms with Crippen molar-refractivity contribution < 1.29 is 19.4 Å². The third kappa shape index (κ3) is 0.980. The van der Waals surface area contributed by atoms with Crippen LogP contribution in [0, 0.1) is 17.8 Å². The van der Waals surface area contributed by atoms with E-state index in [0.29, 0.717) is 6.42 Å². The molecule has 0 amide bonds. The van der Waals surface area contributed by atoms with Crippen molar-refractivity contribution in [2.24, 2.45) is 17.8 Å². The van der Waals surface area contributed by atoms with Crippen molar-refractivity contribution in [2.75, 3.05) is 14.2 Å². The Kier molecular flexibility index (Phi) is 2.12. The smallest absolute Gasteiger partial charge is 0.307 e. The second-order valence-electron chi connectivity index (χ2n) is 3.83. The van der Waals surface area contributed by atoms with Crippen LogP contribution in [-0.2, 0) is 14.3 Å². The summed E-state index contributed by atoms with van der Waals surface area (Å²) in [4.78, 5) is 11.0. The summed E-state index contributed by atoms with van der Waals surface area (Å²) in [5.41, 5.74) is 0. The Morgan fingerprint density at radius 2 is 2.07 bits per heavy atom. The van der Waals surface area contributed by atoms with E-state index in [1.165, 1.54) is 0 Å². The number of rotatable bonds is 3. The lowest BCUT2D eigenvalue weighted by Gasteiger charge is -2.31. The summed E-state index contributed by atoms with van der Waals surface area (Å²) in [6.07, 6.45) is 4.51. The van der Waals surface area contributed by atoms with E-state index in [1.807, 2.05) is 12.2 Å². The van der Waals surface area contributed by atoms with E-state index < -0.39 is 11.8 Å². The zero-order valence-corrected chi connectivity index (χ0v) is 8.27. The van der Waals surface area contributed by atoms with Crippen LogP contribution >= 0.6 is 0 Å². The van der Waals surface area contributed by atoms with Gasteiger partial charge in [0.05, 0.1) is 5.92 Å². The summed E-state index contributed by atoms with van der Waals surface area (Å²) in [6, 6.07) is 0. The number of methoxy groups -OCH3 is 2. The molecule has 1 N–H and O–H groups in total. The number of carboxylic acids is 1. The van der Waals surface area contributed by atoms with Crippen LogP contribution in [0.5, 0.6) is 0 Å². The molecule has 0 aromatic heterocycles. The van der Waals surface area contributed by atoms with E-state index in [0.717, 1.165) is 0 Å². The Balaban J connectivity index is 2.30. The predicted molar refractivity (Wildman–Crippen MR) is 48.6 cm³/mol. The molecule has 0 radical (unpaired) electrons. The summed E-state index contributed by atoms with van der Waals surface area (Å²) in [7, 11) is 3.14. The molecule has 0 spiro atoms. The minimum absolute atomic E-state index is 0.0728. The maximum absolute atomic E-state index is 11.0. The molecule has 14 heavy (non-hydrogen) atoms. The molecule has 3 atom stereocenters. The van der Waals surface area contributed by atoms with Crippen molar-refractivity contribution in [1.82, 2.24) is 0 Å². The van der Waals surface area contributed by atoms with Crippen molar-refractivity contribution in [2.45, 2.75) is 12.2 Å². The Morgan fingerprint density at radius 3 is 2.43 bits per heavy atom. The van der Waals surface area contributed by atoms with Crippen LogP contribution in [0.3, 0.4) is 0 Å². The van der Waals surface area contributed by atoms with Crippen LogP contribution in [0.2, 0.25) is 0 Å². The minimum atomic E-state index is -0.764. The van der Waals surface area contributed by atoms with Gasteiger partial charge in [-0.25, -0.2) is 0 Å². The maximum Gasteiger partial charge on any atom is 0.307 e. The van der Waals surface area contributed by atoms with Gasteiger partial charge in [-0.2, -0.15) is 0 Å². The lowest BCUT2D eigenvalue weighted by Crippen LogP contribution is -2.41. The SMILES string of the molecule is COC1(OC)[C@@H]2C=C[C@H]1C[C@@H]2C(=O)O. The highest BCUT2D eigenvalue weighted by atomic mass is 16.7. The van der Waals surface area contributed by atoms with Crippen LogP contribution in [0.1, 0.15) is 6.42 Å². The summed E-state index contributed by atoms with van der Waals surface area (Å²) >= 11 is 0. The van der Waals surface area contributed by atoms with E-state index in [9.17, 15) is 4.79 Å². The van der Waals surface area contributed by atoms with E-state index in [2.05, 4.69) is 0 Å². The highest BCUT2D eigenvalue weighted by Crippen LogP contribution is 2.53. The highest BCUT2D eigenvalue weighted by molar-refractivity contribution is 5.72. The molecule has 78 valence electrons. The molecular formula is C10H14O4. The fourth-order valence-electron chi connectivity index (χ4n) is 2.76. The first-order valence-electron chi connectivity index (χ1n) is 4.67. The van der Waals surface area contributed by atoms with Crippen LogP contribution in [0.15, 0.2) is 12.2 Å². The van der Waals surface area contributed by atoms with E-state index >= 15 is 0 Å². The monoisotopic (exact) mass is 198 g/mol. The van der Waals surface area contributed by atoms with Crippen LogP contribution in [-0.4, -0.2) is 31.1 Å². The standard InChI is InChI=1S/C10H14O4/c1-13-10(14-2)6-3-4-8(10)7(5-6)9(11)12/h3-4,6-8H,5H2,1-2H3,(H,11,12)/t6-,7-,8+/m0/s1. The van der Waals surface area contributed by atoms with Crippen molar-refractivity contribution in [1.29, 1.82) is 0 Å². The third-order valence-corrected chi connectivity index (χ3v) is 3.43. The fourth-order valence-corrected chi connectivity index (χ4v) is 2.76. The molecule has 2 bridgehead atoms. The van der Waals surface area contributed by atoms with Crippen molar-refractivity contribution in [3.8, 4) is 0 Å². The first-order chi connectivity index (χ1) is 6.65. The van der Waals surface area contributed by atoms with Crippen LogP contribution < -0.4 is 0 Å². The largest absolute Gasteiger partial charge is 0.481 e. The average molecular weight is 198 g/mol. The second kappa shape index (κ2) is 3.07. The first kappa shape index (κ1) is 9.68. The molecule has 4 nitrogen and oxygen atoms in total. The third-order valence-electron chi connectivity index (χ3n) is 3.43. The van der Waals surface area contributed by atoms with Gasteiger partial charge in [0.25, 0.3) is 0 Å². The number of hydrogen-bond donors (Lipinski definition) is 1. The van der Waals surface area contributed by atoms with Gasteiger partial charge in [-0.05, 0) is 6.42 Å². The summed E-state index contributed by atoms with van der Waals surface area (Å²) in [6.45, 7) is 0. The van der Waals surface area contributed by atoms with Crippen LogP contribution in [0.25, 0.3) is 0 Å². The predicted octanol–water partition coefficient (Wildman–Crippen LogP) is 0.882. The number of carboxylic acid groups (broad SMARTS) is 1. The lowest BCUT2D eigenvalue weighted by atomic mass is 9.93.